The van der Waals surface area contributed by atoms with Crippen LogP contribution in [0.4, 0.5) is 0 Å². The molecule has 102 valence electrons. The Hall–Kier alpha value is -2.51. The Labute approximate surface area is 118 Å². The van der Waals surface area contributed by atoms with Crippen molar-refractivity contribution in [2.45, 2.75) is 13.2 Å². The van der Waals surface area contributed by atoms with Crippen molar-refractivity contribution in [3.05, 3.63) is 59.2 Å². The van der Waals surface area contributed by atoms with E-state index in [-0.39, 0.29) is 0 Å². The summed E-state index contributed by atoms with van der Waals surface area (Å²) in [7, 11) is 1.61. The molecule has 0 atom stereocenters. The first-order valence-corrected chi connectivity index (χ1v) is 6.25. The molecule has 2 rings (SSSR count). The zero-order valence-corrected chi connectivity index (χ0v) is 11.3. The summed E-state index contributed by atoms with van der Waals surface area (Å²) in [6, 6.07) is 15.0. The molecule has 2 N–H and O–H groups in total. The lowest BCUT2D eigenvalue weighted by atomic mass is 10.1. The maximum absolute atomic E-state index is 8.87. The van der Waals surface area contributed by atoms with E-state index in [1.165, 1.54) is 0 Å². The van der Waals surface area contributed by atoms with Crippen LogP contribution in [0.2, 0.25) is 0 Å². The molecule has 20 heavy (non-hydrogen) atoms. The van der Waals surface area contributed by atoms with Gasteiger partial charge in [-0.05, 0) is 35.9 Å². The molecular weight excluding hydrogens is 252 g/mol. The van der Waals surface area contributed by atoms with Crippen molar-refractivity contribution >= 4 is 0 Å². The highest BCUT2D eigenvalue weighted by Crippen LogP contribution is 2.24. The van der Waals surface area contributed by atoms with Crippen molar-refractivity contribution in [2.75, 3.05) is 7.11 Å². The maximum Gasteiger partial charge on any atom is 0.124 e. The number of hydrogen-bond donors (Lipinski definition) is 1. The van der Waals surface area contributed by atoms with Gasteiger partial charge in [0.15, 0.2) is 0 Å². The number of benzene rings is 2. The molecule has 0 aliphatic carbocycles. The molecule has 0 fully saturated rings. The van der Waals surface area contributed by atoms with E-state index in [4.69, 9.17) is 20.5 Å². The SMILES string of the molecule is COc1ccc(OCc2cccc(C#N)c2)c(CN)c1. The first kappa shape index (κ1) is 13.9. The number of nitriles is 1. The van der Waals surface area contributed by atoms with Crippen molar-refractivity contribution in [1.29, 1.82) is 5.26 Å². The quantitative estimate of drug-likeness (QED) is 0.905. The molecule has 0 aliphatic heterocycles. The van der Waals surface area contributed by atoms with Gasteiger partial charge in [0.1, 0.15) is 18.1 Å². The smallest absolute Gasteiger partial charge is 0.124 e. The van der Waals surface area contributed by atoms with E-state index in [1.807, 2.05) is 36.4 Å². The van der Waals surface area contributed by atoms with Gasteiger partial charge in [-0.1, -0.05) is 12.1 Å². The molecule has 4 nitrogen and oxygen atoms in total. The lowest BCUT2D eigenvalue weighted by Gasteiger charge is -2.12. The van der Waals surface area contributed by atoms with E-state index in [9.17, 15) is 0 Å². The Balaban J connectivity index is 2.12. The molecule has 0 aliphatic rings. The fourth-order valence-corrected chi connectivity index (χ4v) is 1.87. The summed E-state index contributed by atoms with van der Waals surface area (Å²) < 4.78 is 10.9. The Morgan fingerprint density at radius 1 is 1.20 bits per heavy atom. The summed E-state index contributed by atoms with van der Waals surface area (Å²) in [5.74, 6) is 1.49. The maximum atomic E-state index is 8.87. The lowest BCUT2D eigenvalue weighted by Crippen LogP contribution is -2.03. The zero-order chi connectivity index (χ0) is 14.4. The molecule has 4 heteroatoms. The lowest BCUT2D eigenvalue weighted by molar-refractivity contribution is 0.302. The normalized spacial score (nSPS) is 9.85. The highest BCUT2D eigenvalue weighted by atomic mass is 16.5. The van der Waals surface area contributed by atoms with Gasteiger partial charge < -0.3 is 15.2 Å². The largest absolute Gasteiger partial charge is 0.497 e. The molecule has 0 heterocycles. The monoisotopic (exact) mass is 268 g/mol. The number of nitrogens with zero attached hydrogens (tertiary/aromatic N) is 1. The average molecular weight is 268 g/mol. The van der Waals surface area contributed by atoms with Crippen LogP contribution in [0.15, 0.2) is 42.5 Å². The van der Waals surface area contributed by atoms with Gasteiger partial charge in [0.05, 0.1) is 18.7 Å². The predicted octanol–water partition coefficient (Wildman–Crippen LogP) is 2.60. The van der Waals surface area contributed by atoms with E-state index in [2.05, 4.69) is 6.07 Å². The van der Waals surface area contributed by atoms with Gasteiger partial charge in [-0.3, -0.25) is 0 Å². The standard InChI is InChI=1S/C16H16N2O2/c1-19-15-5-6-16(14(8-15)10-18)20-11-13-4-2-3-12(7-13)9-17/h2-8H,10-11,18H2,1H3. The van der Waals surface area contributed by atoms with Crippen LogP contribution in [0.3, 0.4) is 0 Å². The number of hydrogen-bond acceptors (Lipinski definition) is 4. The van der Waals surface area contributed by atoms with Crippen LogP contribution in [0, 0.1) is 11.3 Å². The highest BCUT2D eigenvalue weighted by molar-refractivity contribution is 5.40. The third-order valence-electron chi connectivity index (χ3n) is 2.94. The van der Waals surface area contributed by atoms with Crippen molar-refractivity contribution in [2.24, 2.45) is 5.73 Å². The molecule has 0 aromatic heterocycles. The van der Waals surface area contributed by atoms with Gasteiger partial charge >= 0.3 is 0 Å². The Bertz CT molecular complexity index is 633. The molecule has 0 saturated carbocycles. The first-order chi connectivity index (χ1) is 9.76. The van der Waals surface area contributed by atoms with E-state index in [0.29, 0.717) is 18.7 Å². The average Bonchev–Trinajstić information content (AvgIpc) is 2.52. The fourth-order valence-electron chi connectivity index (χ4n) is 1.87. The molecule has 0 saturated heterocycles. The van der Waals surface area contributed by atoms with Crippen molar-refractivity contribution in [3.8, 4) is 17.6 Å². The van der Waals surface area contributed by atoms with Gasteiger partial charge in [0.2, 0.25) is 0 Å². The molecule has 0 unspecified atom stereocenters. The third kappa shape index (κ3) is 3.28. The van der Waals surface area contributed by atoms with E-state index < -0.39 is 0 Å². The Morgan fingerprint density at radius 3 is 2.75 bits per heavy atom. The minimum atomic E-state index is 0.380. The number of rotatable bonds is 5. The Kier molecular flexibility index (Phi) is 4.59. The van der Waals surface area contributed by atoms with E-state index in [0.717, 1.165) is 22.6 Å². The molecular formula is C16H16N2O2. The van der Waals surface area contributed by atoms with Crippen LogP contribution < -0.4 is 15.2 Å². The summed E-state index contributed by atoms with van der Waals surface area (Å²) in [6.45, 7) is 0.777. The number of methoxy groups -OCH3 is 1. The predicted molar refractivity (Wildman–Crippen MR) is 76.4 cm³/mol. The molecule has 0 spiro atoms. The summed E-state index contributed by atoms with van der Waals surface area (Å²) >= 11 is 0. The van der Waals surface area contributed by atoms with Crippen LogP contribution in [0.5, 0.6) is 11.5 Å². The van der Waals surface area contributed by atoms with E-state index >= 15 is 0 Å². The first-order valence-electron chi connectivity index (χ1n) is 6.25. The summed E-state index contributed by atoms with van der Waals surface area (Å²) in [6.07, 6.45) is 0. The molecule has 0 bridgehead atoms. The summed E-state index contributed by atoms with van der Waals surface area (Å²) in [4.78, 5) is 0. The second-order valence-corrected chi connectivity index (χ2v) is 4.28. The van der Waals surface area contributed by atoms with Gasteiger partial charge in [0.25, 0.3) is 0 Å². The molecule has 2 aromatic carbocycles. The van der Waals surface area contributed by atoms with Gasteiger partial charge in [-0.25, -0.2) is 0 Å². The van der Waals surface area contributed by atoms with Crippen molar-refractivity contribution < 1.29 is 9.47 Å². The second-order valence-electron chi connectivity index (χ2n) is 4.28. The van der Waals surface area contributed by atoms with Gasteiger partial charge in [0, 0.05) is 12.1 Å². The van der Waals surface area contributed by atoms with Crippen LogP contribution in [0.1, 0.15) is 16.7 Å². The third-order valence-corrected chi connectivity index (χ3v) is 2.94. The summed E-state index contributed by atoms with van der Waals surface area (Å²) in [5, 5.41) is 8.87. The molecule has 2 aromatic rings. The van der Waals surface area contributed by atoms with Crippen molar-refractivity contribution in [3.63, 3.8) is 0 Å². The van der Waals surface area contributed by atoms with Crippen molar-refractivity contribution in [1.82, 2.24) is 0 Å². The van der Waals surface area contributed by atoms with E-state index in [1.54, 1.807) is 13.2 Å². The zero-order valence-electron chi connectivity index (χ0n) is 11.3. The second kappa shape index (κ2) is 6.60. The fraction of sp³-hybridized carbons (Fsp3) is 0.188. The summed E-state index contributed by atoms with van der Waals surface area (Å²) in [5.41, 5.74) is 8.17. The van der Waals surface area contributed by atoms with Crippen LogP contribution in [-0.2, 0) is 13.2 Å². The minimum absolute atomic E-state index is 0.380. The van der Waals surface area contributed by atoms with Gasteiger partial charge in [-0.15, -0.1) is 0 Å². The van der Waals surface area contributed by atoms with Crippen LogP contribution in [0.25, 0.3) is 0 Å². The Morgan fingerprint density at radius 2 is 2.05 bits per heavy atom. The molecule has 0 radical (unpaired) electrons. The van der Waals surface area contributed by atoms with Crippen LogP contribution >= 0.6 is 0 Å². The highest BCUT2D eigenvalue weighted by Gasteiger charge is 2.05. The van der Waals surface area contributed by atoms with Crippen LogP contribution in [-0.4, -0.2) is 7.11 Å². The minimum Gasteiger partial charge on any atom is -0.497 e. The number of nitrogens with two attached hydrogens (primary N) is 1. The van der Waals surface area contributed by atoms with Gasteiger partial charge in [-0.2, -0.15) is 5.26 Å². The number of ether oxygens (including phenoxy) is 2. The molecule has 0 amide bonds. The topological polar surface area (TPSA) is 68.3 Å².